The van der Waals surface area contributed by atoms with Gasteiger partial charge in [0.1, 0.15) is 0 Å². The van der Waals surface area contributed by atoms with Crippen LogP contribution < -0.4 is 16.4 Å². The second-order valence-corrected chi connectivity index (χ2v) is 6.36. The molecule has 0 spiro atoms. The van der Waals surface area contributed by atoms with Gasteiger partial charge in [0, 0.05) is 18.8 Å². The number of carbonyl (C=O) groups excluding carboxylic acids is 2. The number of hydrogen-bond acceptors (Lipinski definition) is 4. The SMILES string of the molecule is Nc1ccc(CC(=O)Nc2ccccc2C(=O)NCC2CCCO2)cc1. The van der Waals surface area contributed by atoms with Crippen LogP contribution in [0.1, 0.15) is 28.8 Å². The van der Waals surface area contributed by atoms with Crippen LogP contribution in [0.3, 0.4) is 0 Å². The van der Waals surface area contributed by atoms with Crippen LogP contribution in [0.5, 0.6) is 0 Å². The maximum Gasteiger partial charge on any atom is 0.253 e. The van der Waals surface area contributed by atoms with E-state index in [0.29, 0.717) is 23.5 Å². The number of para-hydroxylation sites is 1. The first-order valence-electron chi connectivity index (χ1n) is 8.75. The lowest BCUT2D eigenvalue weighted by atomic mass is 10.1. The maximum absolute atomic E-state index is 12.5. The van der Waals surface area contributed by atoms with E-state index in [0.717, 1.165) is 25.0 Å². The summed E-state index contributed by atoms with van der Waals surface area (Å²) in [6.45, 7) is 1.23. The molecule has 1 fully saturated rings. The van der Waals surface area contributed by atoms with Crippen LogP contribution in [0, 0.1) is 0 Å². The molecule has 1 heterocycles. The number of carbonyl (C=O) groups is 2. The van der Waals surface area contributed by atoms with Crippen molar-refractivity contribution in [2.75, 3.05) is 24.2 Å². The monoisotopic (exact) mass is 353 g/mol. The fraction of sp³-hybridized carbons (Fsp3) is 0.300. The average Bonchev–Trinajstić information content (AvgIpc) is 3.16. The summed E-state index contributed by atoms with van der Waals surface area (Å²) < 4.78 is 5.52. The molecule has 1 aliphatic rings. The van der Waals surface area contributed by atoms with Gasteiger partial charge in [0.2, 0.25) is 5.91 Å². The Labute approximate surface area is 152 Å². The van der Waals surface area contributed by atoms with Crippen molar-refractivity contribution >= 4 is 23.2 Å². The van der Waals surface area contributed by atoms with Crippen LogP contribution in [-0.4, -0.2) is 31.1 Å². The maximum atomic E-state index is 12.5. The second kappa shape index (κ2) is 8.49. The summed E-state index contributed by atoms with van der Waals surface area (Å²) in [5.41, 5.74) is 8.11. The van der Waals surface area contributed by atoms with Gasteiger partial charge in [0.25, 0.3) is 5.91 Å². The predicted octanol–water partition coefficient (Wildman–Crippen LogP) is 2.36. The molecule has 3 rings (SSSR count). The Balaban J connectivity index is 1.61. The van der Waals surface area contributed by atoms with E-state index in [-0.39, 0.29) is 24.3 Å². The molecule has 2 aromatic carbocycles. The van der Waals surface area contributed by atoms with Crippen molar-refractivity contribution < 1.29 is 14.3 Å². The predicted molar refractivity (Wildman–Crippen MR) is 101 cm³/mol. The van der Waals surface area contributed by atoms with Crippen molar-refractivity contribution in [2.45, 2.75) is 25.4 Å². The third kappa shape index (κ3) is 4.83. The number of benzene rings is 2. The summed E-state index contributed by atoms with van der Waals surface area (Å²) in [4.78, 5) is 24.8. The van der Waals surface area contributed by atoms with Crippen LogP contribution in [0.25, 0.3) is 0 Å². The highest BCUT2D eigenvalue weighted by Crippen LogP contribution is 2.17. The third-order valence-corrected chi connectivity index (χ3v) is 4.30. The molecule has 6 nitrogen and oxygen atoms in total. The highest BCUT2D eigenvalue weighted by atomic mass is 16.5. The van der Waals surface area contributed by atoms with Crippen molar-refractivity contribution in [2.24, 2.45) is 0 Å². The number of nitrogens with two attached hydrogens (primary N) is 1. The Morgan fingerprint density at radius 3 is 2.62 bits per heavy atom. The standard InChI is InChI=1S/C20H23N3O3/c21-15-9-7-14(8-10-15)12-19(24)23-18-6-2-1-5-17(18)20(25)22-13-16-4-3-11-26-16/h1-2,5-10,16H,3-4,11-13,21H2,(H,22,25)(H,23,24). The van der Waals surface area contributed by atoms with Crippen molar-refractivity contribution in [1.82, 2.24) is 5.32 Å². The van der Waals surface area contributed by atoms with Gasteiger partial charge in [-0.15, -0.1) is 0 Å². The molecule has 0 saturated carbocycles. The smallest absolute Gasteiger partial charge is 0.253 e. The van der Waals surface area contributed by atoms with Gasteiger partial charge in [0.05, 0.1) is 23.8 Å². The molecule has 136 valence electrons. The Bertz CT molecular complexity index is 768. The number of hydrogen-bond donors (Lipinski definition) is 3. The fourth-order valence-electron chi connectivity index (χ4n) is 2.91. The van der Waals surface area contributed by atoms with Gasteiger partial charge in [-0.3, -0.25) is 9.59 Å². The average molecular weight is 353 g/mol. The molecular weight excluding hydrogens is 330 g/mol. The molecule has 6 heteroatoms. The first-order chi connectivity index (χ1) is 12.6. The Hall–Kier alpha value is -2.86. The summed E-state index contributed by atoms with van der Waals surface area (Å²) in [7, 11) is 0. The third-order valence-electron chi connectivity index (χ3n) is 4.30. The highest BCUT2D eigenvalue weighted by Gasteiger charge is 2.18. The van der Waals surface area contributed by atoms with E-state index in [2.05, 4.69) is 10.6 Å². The van der Waals surface area contributed by atoms with Crippen molar-refractivity contribution in [3.63, 3.8) is 0 Å². The van der Waals surface area contributed by atoms with Gasteiger partial charge in [-0.25, -0.2) is 0 Å². The van der Waals surface area contributed by atoms with Crippen LogP contribution in [0.4, 0.5) is 11.4 Å². The van der Waals surface area contributed by atoms with Crippen LogP contribution in [0.2, 0.25) is 0 Å². The van der Waals surface area contributed by atoms with Gasteiger partial charge < -0.3 is 21.1 Å². The van der Waals surface area contributed by atoms with Crippen LogP contribution >= 0.6 is 0 Å². The van der Waals surface area contributed by atoms with Crippen molar-refractivity contribution in [3.05, 3.63) is 59.7 Å². The minimum atomic E-state index is -0.219. The first-order valence-corrected chi connectivity index (χ1v) is 8.75. The molecule has 2 amide bonds. The van der Waals surface area contributed by atoms with Gasteiger partial charge >= 0.3 is 0 Å². The minimum absolute atomic E-state index is 0.0752. The second-order valence-electron chi connectivity index (χ2n) is 6.36. The molecule has 0 radical (unpaired) electrons. The van der Waals surface area contributed by atoms with Crippen molar-refractivity contribution in [3.8, 4) is 0 Å². The summed E-state index contributed by atoms with van der Waals surface area (Å²) in [6, 6.07) is 14.1. The lowest BCUT2D eigenvalue weighted by Crippen LogP contribution is -2.32. The molecule has 0 bridgehead atoms. The lowest BCUT2D eigenvalue weighted by Gasteiger charge is -2.14. The van der Waals surface area contributed by atoms with Crippen molar-refractivity contribution in [1.29, 1.82) is 0 Å². The zero-order valence-electron chi connectivity index (χ0n) is 14.5. The van der Waals surface area contributed by atoms with E-state index >= 15 is 0 Å². The Kier molecular flexibility index (Phi) is 5.86. The number of anilines is 2. The number of rotatable bonds is 6. The molecule has 2 aromatic rings. The molecule has 26 heavy (non-hydrogen) atoms. The van der Waals surface area contributed by atoms with E-state index in [1.807, 2.05) is 12.1 Å². The zero-order chi connectivity index (χ0) is 18.4. The number of ether oxygens (including phenoxy) is 1. The van der Waals surface area contributed by atoms with Gasteiger partial charge in [0.15, 0.2) is 0 Å². The van der Waals surface area contributed by atoms with Gasteiger partial charge in [-0.05, 0) is 42.7 Å². The zero-order valence-corrected chi connectivity index (χ0v) is 14.5. The Morgan fingerprint density at radius 1 is 1.12 bits per heavy atom. The first kappa shape index (κ1) is 17.9. The summed E-state index contributed by atoms with van der Waals surface area (Å²) in [5, 5.41) is 5.70. The number of amides is 2. The molecule has 4 N–H and O–H groups in total. The topological polar surface area (TPSA) is 93.5 Å². The molecule has 1 saturated heterocycles. The summed E-state index contributed by atoms with van der Waals surface area (Å²) >= 11 is 0. The van der Waals surface area contributed by atoms with Gasteiger partial charge in [-0.1, -0.05) is 24.3 Å². The van der Waals surface area contributed by atoms with E-state index < -0.39 is 0 Å². The molecule has 1 unspecified atom stereocenters. The molecule has 1 aliphatic heterocycles. The highest BCUT2D eigenvalue weighted by molar-refractivity contribution is 6.04. The van der Waals surface area contributed by atoms with E-state index in [1.165, 1.54) is 0 Å². The van der Waals surface area contributed by atoms with Crippen LogP contribution in [0.15, 0.2) is 48.5 Å². The molecular formula is C20H23N3O3. The molecule has 0 aliphatic carbocycles. The summed E-state index contributed by atoms with van der Waals surface area (Å²) in [6.07, 6.45) is 2.27. The number of nitrogens with one attached hydrogen (secondary N) is 2. The minimum Gasteiger partial charge on any atom is -0.399 e. The van der Waals surface area contributed by atoms with E-state index in [1.54, 1.807) is 36.4 Å². The molecule has 0 aromatic heterocycles. The fourth-order valence-corrected chi connectivity index (χ4v) is 2.91. The number of nitrogen functional groups attached to an aromatic ring is 1. The van der Waals surface area contributed by atoms with E-state index in [9.17, 15) is 9.59 Å². The lowest BCUT2D eigenvalue weighted by molar-refractivity contribution is -0.115. The van der Waals surface area contributed by atoms with Crippen LogP contribution in [-0.2, 0) is 16.0 Å². The normalized spacial score (nSPS) is 16.2. The largest absolute Gasteiger partial charge is 0.399 e. The van der Waals surface area contributed by atoms with Gasteiger partial charge in [-0.2, -0.15) is 0 Å². The quantitative estimate of drug-likeness (QED) is 0.695. The Morgan fingerprint density at radius 2 is 1.88 bits per heavy atom. The molecule has 1 atom stereocenters. The van der Waals surface area contributed by atoms with E-state index in [4.69, 9.17) is 10.5 Å². The summed E-state index contributed by atoms with van der Waals surface area (Å²) in [5.74, 6) is -0.405.